The van der Waals surface area contributed by atoms with Gasteiger partial charge in [0.15, 0.2) is 6.10 Å². The number of carboxylic acids is 1. The number of carbonyl (C=O) groups is 3. The summed E-state index contributed by atoms with van der Waals surface area (Å²) >= 11 is 0. The molecule has 3 aliphatic rings. The fourth-order valence-electron chi connectivity index (χ4n) is 5.28. The average Bonchev–Trinajstić information content (AvgIpc) is 3.45. The zero-order valence-corrected chi connectivity index (χ0v) is 19.2. The first-order chi connectivity index (χ1) is 17.0. The second-order valence-corrected chi connectivity index (χ2v) is 9.21. The summed E-state index contributed by atoms with van der Waals surface area (Å²) < 4.78 is 10.8. The number of aliphatic carboxylic acids is 1. The van der Waals surface area contributed by atoms with Crippen molar-refractivity contribution in [2.24, 2.45) is 5.92 Å². The monoisotopic (exact) mass is 476 g/mol. The maximum Gasteiger partial charge on any atom is 0.407 e. The van der Waals surface area contributed by atoms with E-state index in [1.807, 2.05) is 36.4 Å². The molecule has 1 aliphatic heterocycles. The van der Waals surface area contributed by atoms with Crippen LogP contribution in [-0.4, -0.2) is 54.5 Å². The number of carbonyl (C=O) groups excluding carboxylic acids is 2. The molecule has 182 valence electrons. The van der Waals surface area contributed by atoms with Gasteiger partial charge in [0.05, 0.1) is 12.1 Å². The summed E-state index contributed by atoms with van der Waals surface area (Å²) in [5, 5.41) is 14.9. The van der Waals surface area contributed by atoms with Gasteiger partial charge < -0.3 is 25.2 Å². The second-order valence-electron chi connectivity index (χ2n) is 9.21. The van der Waals surface area contributed by atoms with Crippen LogP contribution in [0, 0.1) is 5.92 Å². The Labute approximate surface area is 203 Å². The van der Waals surface area contributed by atoms with E-state index in [1.165, 1.54) is 11.1 Å². The zero-order valence-electron chi connectivity index (χ0n) is 19.2. The molecule has 1 heterocycles. The highest BCUT2D eigenvalue weighted by Gasteiger charge is 2.37. The molecule has 8 nitrogen and oxygen atoms in total. The van der Waals surface area contributed by atoms with Crippen molar-refractivity contribution in [2.45, 2.75) is 43.4 Å². The molecule has 0 spiro atoms. The first kappa shape index (κ1) is 23.1. The predicted octanol–water partition coefficient (Wildman–Crippen LogP) is 3.22. The number of alkyl carbamates (subject to hydrolysis) is 1. The lowest BCUT2D eigenvalue weighted by Gasteiger charge is -2.26. The second kappa shape index (κ2) is 9.92. The van der Waals surface area contributed by atoms with Crippen LogP contribution in [0.15, 0.2) is 60.7 Å². The van der Waals surface area contributed by atoms with Gasteiger partial charge in [0.2, 0.25) is 5.91 Å². The molecular formula is C27H28N2O6. The Bertz CT molecular complexity index is 1120. The lowest BCUT2D eigenvalue weighted by Crippen LogP contribution is -2.48. The van der Waals surface area contributed by atoms with E-state index in [0.717, 1.165) is 11.1 Å². The van der Waals surface area contributed by atoms with Gasteiger partial charge in [-0.05, 0) is 41.5 Å². The zero-order chi connectivity index (χ0) is 24.4. The van der Waals surface area contributed by atoms with Crippen LogP contribution in [0.2, 0.25) is 0 Å². The van der Waals surface area contributed by atoms with Crippen molar-refractivity contribution in [3.63, 3.8) is 0 Å². The maximum absolute atomic E-state index is 12.7. The fraction of sp³-hybridized carbons (Fsp3) is 0.370. The molecule has 8 heteroatoms. The van der Waals surface area contributed by atoms with Crippen LogP contribution in [0.3, 0.4) is 0 Å². The molecule has 2 amide bonds. The number of carboxylic acid groups (broad SMARTS) is 1. The highest BCUT2D eigenvalue weighted by atomic mass is 16.5. The molecule has 3 N–H and O–H groups in total. The standard InChI is InChI=1S/C27H28N2O6/c30-25(29-23-12-13-34-24(23)26(31)32)16-6-5-7-17(14-16)28-27(33)35-15-22-20-10-3-1-8-18(20)19-9-2-4-11-21(19)22/h1-5,7-11,16-17,22-24H,6,12-15H2,(H,28,33)(H,29,30)(H,31,32)/t16?,17?,23-,24+/m0/s1. The molecule has 2 aliphatic carbocycles. The molecule has 1 saturated heterocycles. The average molecular weight is 477 g/mol. The number of nitrogens with one attached hydrogen (secondary N) is 2. The van der Waals surface area contributed by atoms with Gasteiger partial charge in [-0.15, -0.1) is 0 Å². The van der Waals surface area contributed by atoms with Gasteiger partial charge in [0.25, 0.3) is 0 Å². The van der Waals surface area contributed by atoms with Crippen molar-refractivity contribution in [2.75, 3.05) is 13.2 Å². The Morgan fingerprint density at radius 1 is 1.00 bits per heavy atom. The van der Waals surface area contributed by atoms with Crippen molar-refractivity contribution in [3.8, 4) is 11.1 Å². The Morgan fingerprint density at radius 2 is 1.69 bits per heavy atom. The van der Waals surface area contributed by atoms with E-state index in [0.29, 0.717) is 25.9 Å². The summed E-state index contributed by atoms with van der Waals surface area (Å²) in [7, 11) is 0. The Morgan fingerprint density at radius 3 is 2.37 bits per heavy atom. The summed E-state index contributed by atoms with van der Waals surface area (Å²) in [6.45, 7) is 0.525. The van der Waals surface area contributed by atoms with E-state index in [4.69, 9.17) is 9.47 Å². The maximum atomic E-state index is 12.7. The minimum Gasteiger partial charge on any atom is -0.479 e. The number of fused-ring (bicyclic) bond motifs is 3. The van der Waals surface area contributed by atoms with Crippen molar-refractivity contribution >= 4 is 18.0 Å². The Hall–Kier alpha value is -3.65. The molecule has 1 fully saturated rings. The summed E-state index contributed by atoms with van der Waals surface area (Å²) in [6.07, 6.45) is 3.58. The third-order valence-electron chi connectivity index (χ3n) is 7.01. The Balaban J connectivity index is 1.15. The van der Waals surface area contributed by atoms with Gasteiger partial charge in [0.1, 0.15) is 6.61 Å². The van der Waals surface area contributed by atoms with E-state index in [2.05, 4.69) is 34.9 Å². The lowest BCUT2D eigenvalue weighted by molar-refractivity contribution is -0.148. The molecule has 2 unspecified atom stereocenters. The van der Waals surface area contributed by atoms with Crippen LogP contribution in [-0.2, 0) is 19.1 Å². The Kier molecular flexibility index (Phi) is 6.55. The highest BCUT2D eigenvalue weighted by Crippen LogP contribution is 2.44. The first-order valence-electron chi connectivity index (χ1n) is 11.9. The van der Waals surface area contributed by atoms with Gasteiger partial charge in [-0.25, -0.2) is 9.59 Å². The molecule has 0 bridgehead atoms. The summed E-state index contributed by atoms with van der Waals surface area (Å²) in [5.41, 5.74) is 4.62. The quantitative estimate of drug-likeness (QED) is 0.552. The minimum absolute atomic E-state index is 0.0237. The van der Waals surface area contributed by atoms with Crippen molar-refractivity contribution < 1.29 is 29.0 Å². The number of allylic oxidation sites excluding steroid dienone is 1. The van der Waals surface area contributed by atoms with E-state index in [9.17, 15) is 19.5 Å². The summed E-state index contributed by atoms with van der Waals surface area (Å²) in [5.74, 6) is -1.69. The number of ether oxygens (including phenoxy) is 2. The number of rotatable bonds is 6. The molecule has 2 aromatic carbocycles. The number of hydrogen-bond acceptors (Lipinski definition) is 5. The number of amides is 2. The third kappa shape index (κ3) is 4.79. The summed E-state index contributed by atoms with van der Waals surface area (Å²) in [6, 6.07) is 15.4. The van der Waals surface area contributed by atoms with Gasteiger partial charge in [-0.1, -0.05) is 60.7 Å². The van der Waals surface area contributed by atoms with E-state index >= 15 is 0 Å². The first-order valence-corrected chi connectivity index (χ1v) is 11.9. The van der Waals surface area contributed by atoms with Gasteiger partial charge in [-0.3, -0.25) is 4.79 Å². The highest BCUT2D eigenvalue weighted by molar-refractivity contribution is 5.82. The van der Waals surface area contributed by atoms with Crippen LogP contribution >= 0.6 is 0 Å². The van der Waals surface area contributed by atoms with Gasteiger partial charge in [-0.2, -0.15) is 0 Å². The van der Waals surface area contributed by atoms with Gasteiger partial charge >= 0.3 is 12.1 Å². The van der Waals surface area contributed by atoms with Crippen LogP contribution < -0.4 is 10.6 Å². The van der Waals surface area contributed by atoms with Crippen molar-refractivity contribution in [1.82, 2.24) is 10.6 Å². The molecule has 0 saturated carbocycles. The normalized spacial score (nSPS) is 24.9. The van der Waals surface area contributed by atoms with E-state index < -0.39 is 24.2 Å². The molecule has 2 aromatic rings. The SMILES string of the molecule is O=C(NC1C=CCC(C(=O)N[C@H]2CCO[C@H]2C(=O)O)C1)OCC1c2ccccc2-c2ccccc21. The van der Waals surface area contributed by atoms with Crippen molar-refractivity contribution in [3.05, 3.63) is 71.8 Å². The van der Waals surface area contributed by atoms with Crippen molar-refractivity contribution in [1.29, 1.82) is 0 Å². The minimum atomic E-state index is -1.08. The number of hydrogen-bond donors (Lipinski definition) is 3. The third-order valence-corrected chi connectivity index (χ3v) is 7.01. The fourth-order valence-corrected chi connectivity index (χ4v) is 5.28. The van der Waals surface area contributed by atoms with Crippen LogP contribution in [0.1, 0.15) is 36.3 Å². The molecule has 4 atom stereocenters. The molecule has 5 rings (SSSR count). The molecule has 35 heavy (non-hydrogen) atoms. The molecule has 0 radical (unpaired) electrons. The predicted molar refractivity (Wildman–Crippen MR) is 128 cm³/mol. The molecule has 0 aromatic heterocycles. The van der Waals surface area contributed by atoms with Crippen LogP contribution in [0.25, 0.3) is 11.1 Å². The number of benzene rings is 2. The summed E-state index contributed by atoms with van der Waals surface area (Å²) in [4.78, 5) is 36.7. The molecular weight excluding hydrogens is 448 g/mol. The van der Waals surface area contributed by atoms with Gasteiger partial charge in [0, 0.05) is 18.4 Å². The van der Waals surface area contributed by atoms with E-state index in [-0.39, 0.29) is 30.4 Å². The smallest absolute Gasteiger partial charge is 0.407 e. The van der Waals surface area contributed by atoms with Crippen LogP contribution in [0.5, 0.6) is 0 Å². The van der Waals surface area contributed by atoms with E-state index in [1.54, 1.807) is 0 Å². The lowest BCUT2D eigenvalue weighted by atomic mass is 9.90. The van der Waals surface area contributed by atoms with Crippen LogP contribution in [0.4, 0.5) is 4.79 Å². The largest absolute Gasteiger partial charge is 0.479 e. The topological polar surface area (TPSA) is 114 Å².